The Morgan fingerprint density at radius 3 is 2.45 bits per heavy atom. The number of hydrogen-bond acceptors (Lipinski definition) is 3. The highest BCUT2D eigenvalue weighted by atomic mass is 16.2. The molecule has 1 amide bonds. The largest absolute Gasteiger partial charge is 0.343 e. The van der Waals surface area contributed by atoms with Crippen LogP contribution in [-0.4, -0.2) is 55.0 Å². The average molecular weight is 283 g/mol. The molecule has 20 heavy (non-hydrogen) atoms. The van der Waals surface area contributed by atoms with Crippen LogP contribution in [0.15, 0.2) is 0 Å². The second-order valence-electron chi connectivity index (χ2n) is 6.03. The molecule has 1 aliphatic heterocycles. The Kier molecular flexibility index (Phi) is 8.86. The third kappa shape index (κ3) is 6.23. The zero-order chi connectivity index (χ0) is 14.8. The van der Waals surface area contributed by atoms with Gasteiger partial charge in [-0.25, -0.2) is 0 Å². The van der Waals surface area contributed by atoms with Crippen LogP contribution in [0.3, 0.4) is 0 Å². The minimum Gasteiger partial charge on any atom is -0.343 e. The standard InChI is InChI=1S/C16H33N3O/c1-3-12-19-13-9-15(10-14-19)18(2)16(20)8-6-4-5-7-11-17/h15H,3-14,17H2,1-2H3. The Hall–Kier alpha value is -0.610. The number of nitrogens with zero attached hydrogens (tertiary/aromatic N) is 2. The van der Waals surface area contributed by atoms with Crippen LogP contribution in [0.5, 0.6) is 0 Å². The fraction of sp³-hybridized carbons (Fsp3) is 0.938. The normalized spacial score (nSPS) is 17.4. The van der Waals surface area contributed by atoms with Gasteiger partial charge >= 0.3 is 0 Å². The predicted octanol–water partition coefficient (Wildman–Crippen LogP) is 2.23. The molecule has 4 heteroatoms. The molecule has 0 aromatic heterocycles. The minimum absolute atomic E-state index is 0.326. The molecule has 0 radical (unpaired) electrons. The van der Waals surface area contributed by atoms with E-state index < -0.39 is 0 Å². The summed E-state index contributed by atoms with van der Waals surface area (Å²) in [6.07, 6.45) is 8.58. The van der Waals surface area contributed by atoms with E-state index in [0.717, 1.165) is 58.2 Å². The smallest absolute Gasteiger partial charge is 0.222 e. The first kappa shape index (κ1) is 17.4. The monoisotopic (exact) mass is 283 g/mol. The van der Waals surface area contributed by atoms with E-state index in [4.69, 9.17) is 5.73 Å². The zero-order valence-electron chi connectivity index (χ0n) is 13.4. The van der Waals surface area contributed by atoms with E-state index in [0.29, 0.717) is 18.4 Å². The van der Waals surface area contributed by atoms with E-state index in [1.54, 1.807) is 0 Å². The maximum Gasteiger partial charge on any atom is 0.222 e. The SMILES string of the molecule is CCCN1CCC(N(C)C(=O)CCCCCCN)CC1. The van der Waals surface area contributed by atoms with Crippen LogP contribution in [0.2, 0.25) is 0 Å². The van der Waals surface area contributed by atoms with Crippen molar-refractivity contribution >= 4 is 5.91 Å². The van der Waals surface area contributed by atoms with Gasteiger partial charge in [0.25, 0.3) is 0 Å². The summed E-state index contributed by atoms with van der Waals surface area (Å²) in [6.45, 7) is 6.49. The van der Waals surface area contributed by atoms with E-state index in [-0.39, 0.29) is 0 Å². The average Bonchev–Trinajstić information content (AvgIpc) is 2.47. The molecule has 0 spiro atoms. The molecule has 1 heterocycles. The number of likely N-dealkylation sites (tertiary alicyclic amines) is 1. The van der Waals surface area contributed by atoms with Gasteiger partial charge in [-0.1, -0.05) is 19.8 Å². The summed E-state index contributed by atoms with van der Waals surface area (Å²) in [5, 5.41) is 0. The van der Waals surface area contributed by atoms with Crippen molar-refractivity contribution in [1.82, 2.24) is 9.80 Å². The van der Waals surface area contributed by atoms with Gasteiger partial charge in [0.15, 0.2) is 0 Å². The number of amides is 1. The third-order valence-electron chi connectivity index (χ3n) is 4.38. The molecular formula is C16H33N3O. The Balaban J connectivity index is 2.17. The van der Waals surface area contributed by atoms with Crippen LogP contribution in [-0.2, 0) is 4.79 Å². The highest BCUT2D eigenvalue weighted by Gasteiger charge is 2.24. The van der Waals surface area contributed by atoms with Crippen LogP contribution in [0.25, 0.3) is 0 Å². The lowest BCUT2D eigenvalue weighted by Gasteiger charge is -2.36. The van der Waals surface area contributed by atoms with Crippen molar-refractivity contribution in [3.05, 3.63) is 0 Å². The summed E-state index contributed by atoms with van der Waals surface area (Å²) in [6, 6.07) is 0.458. The molecule has 1 rings (SSSR count). The number of nitrogens with two attached hydrogens (primary N) is 1. The van der Waals surface area contributed by atoms with Crippen molar-refractivity contribution in [1.29, 1.82) is 0 Å². The maximum absolute atomic E-state index is 12.2. The van der Waals surface area contributed by atoms with Gasteiger partial charge in [-0.05, 0) is 45.2 Å². The number of unbranched alkanes of at least 4 members (excludes halogenated alkanes) is 3. The van der Waals surface area contributed by atoms with E-state index in [1.165, 1.54) is 13.0 Å². The van der Waals surface area contributed by atoms with E-state index >= 15 is 0 Å². The van der Waals surface area contributed by atoms with Crippen LogP contribution >= 0.6 is 0 Å². The van der Waals surface area contributed by atoms with Crippen LogP contribution in [0.1, 0.15) is 58.3 Å². The lowest BCUT2D eigenvalue weighted by molar-refractivity contribution is -0.133. The summed E-state index contributed by atoms with van der Waals surface area (Å²) in [7, 11) is 1.99. The van der Waals surface area contributed by atoms with Gasteiger partial charge in [0.2, 0.25) is 5.91 Å². The molecule has 0 aliphatic carbocycles. The molecule has 0 unspecified atom stereocenters. The van der Waals surface area contributed by atoms with Crippen molar-refractivity contribution < 1.29 is 4.79 Å². The van der Waals surface area contributed by atoms with Crippen molar-refractivity contribution in [2.45, 2.75) is 64.3 Å². The maximum atomic E-state index is 12.2. The quantitative estimate of drug-likeness (QED) is 0.660. The highest BCUT2D eigenvalue weighted by Crippen LogP contribution is 2.17. The fourth-order valence-electron chi connectivity index (χ4n) is 3.00. The van der Waals surface area contributed by atoms with Gasteiger partial charge in [-0.3, -0.25) is 4.79 Å². The number of piperidine rings is 1. The topological polar surface area (TPSA) is 49.6 Å². The molecule has 1 saturated heterocycles. The summed E-state index contributed by atoms with van der Waals surface area (Å²) < 4.78 is 0. The Morgan fingerprint density at radius 1 is 1.20 bits per heavy atom. The lowest BCUT2D eigenvalue weighted by Crippen LogP contribution is -2.45. The van der Waals surface area contributed by atoms with Gasteiger partial charge in [-0.2, -0.15) is 0 Å². The molecular weight excluding hydrogens is 250 g/mol. The van der Waals surface area contributed by atoms with Gasteiger partial charge in [0, 0.05) is 32.6 Å². The molecule has 0 aromatic carbocycles. The molecule has 0 atom stereocenters. The number of rotatable bonds is 9. The molecule has 4 nitrogen and oxygen atoms in total. The Morgan fingerprint density at radius 2 is 1.85 bits per heavy atom. The van der Waals surface area contributed by atoms with Crippen LogP contribution < -0.4 is 5.73 Å². The van der Waals surface area contributed by atoms with Gasteiger partial charge in [0.1, 0.15) is 0 Å². The zero-order valence-corrected chi connectivity index (χ0v) is 13.4. The summed E-state index contributed by atoms with van der Waals surface area (Å²) in [5.41, 5.74) is 5.47. The Bertz CT molecular complexity index is 262. The lowest BCUT2D eigenvalue weighted by atomic mass is 10.0. The molecule has 0 aromatic rings. The number of hydrogen-bond donors (Lipinski definition) is 1. The second-order valence-corrected chi connectivity index (χ2v) is 6.03. The first-order valence-electron chi connectivity index (χ1n) is 8.37. The summed E-state index contributed by atoms with van der Waals surface area (Å²) in [5.74, 6) is 0.326. The molecule has 2 N–H and O–H groups in total. The molecule has 0 bridgehead atoms. The predicted molar refractivity (Wildman–Crippen MR) is 84.7 cm³/mol. The molecule has 1 aliphatic rings. The van der Waals surface area contributed by atoms with E-state index in [9.17, 15) is 4.79 Å². The van der Waals surface area contributed by atoms with Crippen molar-refractivity contribution in [2.75, 3.05) is 33.2 Å². The van der Waals surface area contributed by atoms with E-state index in [1.807, 2.05) is 11.9 Å². The van der Waals surface area contributed by atoms with Gasteiger partial charge in [-0.15, -0.1) is 0 Å². The van der Waals surface area contributed by atoms with Crippen molar-refractivity contribution in [3.8, 4) is 0 Å². The minimum atomic E-state index is 0.326. The van der Waals surface area contributed by atoms with Crippen LogP contribution in [0.4, 0.5) is 0 Å². The Labute approximate surface area is 124 Å². The number of carbonyl (C=O) groups is 1. The molecule has 0 saturated carbocycles. The second kappa shape index (κ2) is 10.2. The van der Waals surface area contributed by atoms with Gasteiger partial charge < -0.3 is 15.5 Å². The highest BCUT2D eigenvalue weighted by molar-refractivity contribution is 5.76. The van der Waals surface area contributed by atoms with Crippen molar-refractivity contribution in [2.24, 2.45) is 5.73 Å². The first-order chi connectivity index (χ1) is 9.69. The fourth-order valence-corrected chi connectivity index (χ4v) is 3.00. The van der Waals surface area contributed by atoms with Crippen molar-refractivity contribution in [3.63, 3.8) is 0 Å². The van der Waals surface area contributed by atoms with Crippen LogP contribution in [0, 0.1) is 0 Å². The van der Waals surface area contributed by atoms with Gasteiger partial charge in [0.05, 0.1) is 0 Å². The van der Waals surface area contributed by atoms with E-state index in [2.05, 4.69) is 11.8 Å². The third-order valence-corrected chi connectivity index (χ3v) is 4.38. The first-order valence-corrected chi connectivity index (χ1v) is 8.37. The summed E-state index contributed by atoms with van der Waals surface area (Å²) in [4.78, 5) is 16.7. The summed E-state index contributed by atoms with van der Waals surface area (Å²) >= 11 is 0. The molecule has 1 fully saturated rings. The molecule has 118 valence electrons. The number of carbonyl (C=O) groups excluding carboxylic acids is 1.